The summed E-state index contributed by atoms with van der Waals surface area (Å²) in [5.41, 5.74) is 4.25. The molecule has 7 heteroatoms. The Morgan fingerprint density at radius 2 is 2.08 bits per heavy atom. The monoisotopic (exact) mass is 353 g/mol. The molecule has 0 unspecified atom stereocenters. The van der Waals surface area contributed by atoms with Crippen molar-refractivity contribution in [2.45, 2.75) is 45.8 Å². The van der Waals surface area contributed by atoms with Gasteiger partial charge in [0.05, 0.1) is 11.4 Å². The van der Waals surface area contributed by atoms with E-state index in [1.807, 2.05) is 18.7 Å². The van der Waals surface area contributed by atoms with E-state index >= 15 is 0 Å². The molecule has 1 aliphatic carbocycles. The molecule has 1 aliphatic rings. The minimum atomic E-state index is -0.176. The zero-order chi connectivity index (χ0) is 18.4. The van der Waals surface area contributed by atoms with Crippen molar-refractivity contribution in [3.8, 4) is 5.75 Å². The van der Waals surface area contributed by atoms with Crippen molar-refractivity contribution in [2.24, 2.45) is 7.05 Å². The molecule has 0 bridgehead atoms. The molecule has 0 aromatic carbocycles. The maximum Gasteiger partial charge on any atom is 0.258 e. The highest BCUT2D eigenvalue weighted by atomic mass is 16.3. The average Bonchev–Trinajstić information content (AvgIpc) is 3.40. The highest BCUT2D eigenvalue weighted by molar-refractivity contribution is 5.52. The number of aryl methyl sites for hydroxylation is 2. The van der Waals surface area contributed by atoms with E-state index in [9.17, 15) is 9.90 Å². The van der Waals surface area contributed by atoms with Crippen molar-refractivity contribution in [2.75, 3.05) is 0 Å². The molecule has 0 atom stereocenters. The topological polar surface area (TPSA) is 75.7 Å². The number of nitrogens with zero attached hydrogens (tertiary/aromatic N) is 5. The summed E-state index contributed by atoms with van der Waals surface area (Å²) in [5, 5.41) is 14.5. The van der Waals surface area contributed by atoms with E-state index in [0.717, 1.165) is 30.8 Å². The van der Waals surface area contributed by atoms with Gasteiger partial charge >= 0.3 is 0 Å². The molecule has 0 amide bonds. The van der Waals surface area contributed by atoms with E-state index in [-0.39, 0.29) is 11.3 Å². The second kappa shape index (κ2) is 6.25. The Bertz CT molecular complexity index is 1030. The number of fused-ring (bicyclic) bond motifs is 1. The van der Waals surface area contributed by atoms with Gasteiger partial charge in [-0.05, 0) is 38.8 Å². The van der Waals surface area contributed by atoms with Gasteiger partial charge in [0.15, 0.2) is 11.4 Å². The zero-order valence-electron chi connectivity index (χ0n) is 15.3. The van der Waals surface area contributed by atoms with Crippen molar-refractivity contribution in [1.29, 1.82) is 0 Å². The molecule has 26 heavy (non-hydrogen) atoms. The van der Waals surface area contributed by atoms with Crippen molar-refractivity contribution >= 4 is 5.65 Å². The average molecular weight is 353 g/mol. The van der Waals surface area contributed by atoms with Gasteiger partial charge in [-0.3, -0.25) is 18.8 Å². The molecule has 0 radical (unpaired) electrons. The number of rotatable bonds is 5. The fourth-order valence-electron chi connectivity index (χ4n) is 3.45. The zero-order valence-corrected chi connectivity index (χ0v) is 15.3. The van der Waals surface area contributed by atoms with Gasteiger partial charge in [0.1, 0.15) is 0 Å². The standard InChI is InChI=1S/C19H23N5O2/c1-12-16(13(2)22(3)21-12)11-23(15-6-7-15)10-14-9-18(26)24-8-4-5-17(25)19(24)20-14/h4-5,8-9,15,25H,6-7,10-11H2,1-3H3. The Hall–Kier alpha value is -2.67. The fourth-order valence-corrected chi connectivity index (χ4v) is 3.45. The first-order valence-electron chi connectivity index (χ1n) is 8.87. The van der Waals surface area contributed by atoms with Gasteiger partial charge in [0.25, 0.3) is 5.56 Å². The summed E-state index contributed by atoms with van der Waals surface area (Å²) < 4.78 is 3.28. The molecular weight excluding hydrogens is 330 g/mol. The predicted molar refractivity (Wildman–Crippen MR) is 98.1 cm³/mol. The molecule has 0 aliphatic heterocycles. The third-order valence-electron chi connectivity index (χ3n) is 5.17. The number of hydrogen-bond donors (Lipinski definition) is 1. The van der Waals surface area contributed by atoms with Crippen LogP contribution in [0.2, 0.25) is 0 Å². The van der Waals surface area contributed by atoms with Gasteiger partial charge in [-0.2, -0.15) is 5.10 Å². The largest absolute Gasteiger partial charge is 0.504 e. The number of pyridine rings is 1. The molecule has 1 N–H and O–H groups in total. The summed E-state index contributed by atoms with van der Waals surface area (Å²) in [4.78, 5) is 19.3. The molecule has 1 fully saturated rings. The summed E-state index contributed by atoms with van der Waals surface area (Å²) in [6.45, 7) is 5.49. The van der Waals surface area contributed by atoms with Crippen LogP contribution in [0.5, 0.6) is 5.75 Å². The van der Waals surface area contributed by atoms with E-state index in [0.29, 0.717) is 23.9 Å². The Kier molecular flexibility index (Phi) is 4.03. The molecule has 3 aromatic rings. The van der Waals surface area contributed by atoms with Crippen LogP contribution in [-0.4, -0.2) is 35.2 Å². The minimum Gasteiger partial charge on any atom is -0.504 e. The summed E-state index contributed by atoms with van der Waals surface area (Å²) in [6.07, 6.45) is 3.95. The number of aromatic nitrogens is 4. The molecule has 0 spiro atoms. The van der Waals surface area contributed by atoms with E-state index in [4.69, 9.17) is 0 Å². The van der Waals surface area contributed by atoms with Crippen molar-refractivity contribution in [1.82, 2.24) is 24.1 Å². The minimum absolute atomic E-state index is 0.0170. The van der Waals surface area contributed by atoms with Gasteiger partial charge in [-0.25, -0.2) is 4.98 Å². The third-order valence-corrected chi connectivity index (χ3v) is 5.17. The van der Waals surface area contributed by atoms with Gasteiger partial charge in [-0.1, -0.05) is 0 Å². The first-order chi connectivity index (χ1) is 12.4. The van der Waals surface area contributed by atoms with E-state index in [1.54, 1.807) is 24.4 Å². The van der Waals surface area contributed by atoms with Crippen LogP contribution in [0, 0.1) is 13.8 Å². The molecule has 7 nitrogen and oxygen atoms in total. The van der Waals surface area contributed by atoms with Crippen LogP contribution < -0.4 is 5.56 Å². The lowest BCUT2D eigenvalue weighted by Crippen LogP contribution is -2.27. The maximum absolute atomic E-state index is 12.4. The Morgan fingerprint density at radius 3 is 2.73 bits per heavy atom. The van der Waals surface area contributed by atoms with Gasteiger partial charge in [0.2, 0.25) is 0 Å². The second-order valence-corrected chi connectivity index (χ2v) is 7.08. The molecular formula is C19H23N5O2. The third kappa shape index (κ3) is 2.99. The fraction of sp³-hybridized carbons (Fsp3) is 0.421. The van der Waals surface area contributed by atoms with Crippen LogP contribution in [0.15, 0.2) is 29.2 Å². The van der Waals surface area contributed by atoms with Crippen LogP contribution in [0.4, 0.5) is 0 Å². The first-order valence-corrected chi connectivity index (χ1v) is 8.87. The number of aromatic hydroxyl groups is 1. The molecule has 4 rings (SSSR count). The molecule has 136 valence electrons. The molecule has 3 aromatic heterocycles. The lowest BCUT2D eigenvalue weighted by molar-refractivity contribution is 0.241. The smallest absolute Gasteiger partial charge is 0.258 e. The molecule has 0 saturated heterocycles. The summed E-state index contributed by atoms with van der Waals surface area (Å²) in [6, 6.07) is 5.26. The highest BCUT2D eigenvalue weighted by Crippen LogP contribution is 2.30. The SMILES string of the molecule is Cc1nn(C)c(C)c1CN(Cc1cc(=O)n2cccc(O)c2n1)C1CC1. The normalized spacial score (nSPS) is 14.5. The summed E-state index contributed by atoms with van der Waals surface area (Å²) in [5.74, 6) is 0.0170. The lowest BCUT2D eigenvalue weighted by Gasteiger charge is -2.22. The maximum atomic E-state index is 12.4. The van der Waals surface area contributed by atoms with Crippen LogP contribution >= 0.6 is 0 Å². The van der Waals surface area contributed by atoms with Crippen LogP contribution in [0.3, 0.4) is 0 Å². The molecule has 3 heterocycles. The van der Waals surface area contributed by atoms with Gasteiger partial charge in [-0.15, -0.1) is 0 Å². The Morgan fingerprint density at radius 1 is 1.31 bits per heavy atom. The van der Waals surface area contributed by atoms with Gasteiger partial charge in [0, 0.05) is 49.7 Å². The van der Waals surface area contributed by atoms with Crippen molar-refractivity contribution in [3.05, 3.63) is 57.4 Å². The van der Waals surface area contributed by atoms with Crippen LogP contribution in [0.1, 0.15) is 35.5 Å². The number of hydrogen-bond acceptors (Lipinski definition) is 5. The summed E-state index contributed by atoms with van der Waals surface area (Å²) in [7, 11) is 1.96. The summed E-state index contributed by atoms with van der Waals surface area (Å²) >= 11 is 0. The highest BCUT2D eigenvalue weighted by Gasteiger charge is 2.30. The van der Waals surface area contributed by atoms with Crippen molar-refractivity contribution < 1.29 is 5.11 Å². The quantitative estimate of drug-likeness (QED) is 0.758. The first kappa shape index (κ1) is 16.8. The predicted octanol–water partition coefficient (Wildman–Crippen LogP) is 1.92. The Balaban J connectivity index is 1.66. The second-order valence-electron chi connectivity index (χ2n) is 7.08. The van der Waals surface area contributed by atoms with E-state index in [2.05, 4.69) is 21.9 Å². The molecule has 1 saturated carbocycles. The van der Waals surface area contributed by atoms with Crippen LogP contribution in [0.25, 0.3) is 5.65 Å². The van der Waals surface area contributed by atoms with Crippen LogP contribution in [-0.2, 0) is 20.1 Å². The van der Waals surface area contributed by atoms with Gasteiger partial charge < -0.3 is 5.11 Å². The van der Waals surface area contributed by atoms with Crippen molar-refractivity contribution in [3.63, 3.8) is 0 Å². The van der Waals surface area contributed by atoms with E-state index in [1.165, 1.54) is 9.96 Å². The van der Waals surface area contributed by atoms with E-state index < -0.39 is 0 Å². The Labute approximate surface area is 151 Å². The lowest BCUT2D eigenvalue weighted by atomic mass is 10.1.